The molecular formula is C21H19N5O2. The normalized spacial score (nSPS) is 11.0. The molecule has 2 heterocycles. The molecule has 0 aliphatic carbocycles. The van der Waals surface area contributed by atoms with Crippen LogP contribution in [0.4, 0.5) is 6.01 Å². The lowest BCUT2D eigenvalue weighted by Gasteiger charge is -2.04. The molecule has 1 amide bonds. The van der Waals surface area contributed by atoms with Crippen molar-refractivity contribution >= 4 is 11.9 Å². The largest absolute Gasteiger partial charge is 0.401 e. The van der Waals surface area contributed by atoms with Crippen LogP contribution in [0.15, 0.2) is 71.3 Å². The predicted octanol–water partition coefficient (Wildman–Crippen LogP) is 4.43. The van der Waals surface area contributed by atoms with Crippen molar-refractivity contribution in [1.29, 1.82) is 0 Å². The van der Waals surface area contributed by atoms with E-state index < -0.39 is 0 Å². The van der Waals surface area contributed by atoms with Crippen molar-refractivity contribution in [3.8, 4) is 22.7 Å². The molecule has 4 rings (SSSR count). The second-order valence-corrected chi connectivity index (χ2v) is 6.58. The summed E-state index contributed by atoms with van der Waals surface area (Å²) in [5, 5.41) is 14.8. The number of hydrogen-bond donors (Lipinski definition) is 1. The Balaban J connectivity index is 1.46. The third kappa shape index (κ3) is 3.68. The molecule has 0 unspecified atom stereocenters. The first-order chi connectivity index (χ1) is 13.6. The first-order valence-corrected chi connectivity index (χ1v) is 8.96. The summed E-state index contributed by atoms with van der Waals surface area (Å²) in [6, 6.07) is 19.4. The average Bonchev–Trinajstić information content (AvgIpc) is 3.38. The minimum absolute atomic E-state index is 0.0335. The van der Waals surface area contributed by atoms with Gasteiger partial charge in [-0.15, -0.1) is 5.10 Å². The van der Waals surface area contributed by atoms with Gasteiger partial charge >= 0.3 is 6.01 Å². The van der Waals surface area contributed by atoms with Crippen molar-refractivity contribution in [1.82, 2.24) is 20.0 Å². The summed E-state index contributed by atoms with van der Waals surface area (Å²) < 4.78 is 7.32. The zero-order chi connectivity index (χ0) is 19.5. The van der Waals surface area contributed by atoms with Gasteiger partial charge in [0.1, 0.15) is 5.69 Å². The van der Waals surface area contributed by atoms with Crippen LogP contribution in [0, 0.1) is 0 Å². The average molecular weight is 373 g/mol. The molecule has 0 aliphatic heterocycles. The van der Waals surface area contributed by atoms with Crippen LogP contribution >= 0.6 is 0 Å². The van der Waals surface area contributed by atoms with Gasteiger partial charge in [0.05, 0.1) is 0 Å². The SMILES string of the molecule is CC(C)n1ccc(-c2nnc(NC(=O)c3ccc(-c4ccccc4)cc3)o2)n1. The van der Waals surface area contributed by atoms with Crippen molar-refractivity contribution in [2.75, 3.05) is 5.32 Å². The van der Waals surface area contributed by atoms with E-state index in [2.05, 4.69) is 20.6 Å². The first kappa shape index (κ1) is 17.7. The summed E-state index contributed by atoms with van der Waals surface area (Å²) >= 11 is 0. The van der Waals surface area contributed by atoms with E-state index in [1.165, 1.54) is 0 Å². The summed E-state index contributed by atoms with van der Waals surface area (Å²) in [5.74, 6) is -0.0587. The molecule has 0 aliphatic rings. The molecular weight excluding hydrogens is 354 g/mol. The van der Waals surface area contributed by atoms with Gasteiger partial charge in [-0.3, -0.25) is 14.8 Å². The minimum Gasteiger partial charge on any atom is -0.401 e. The second kappa shape index (κ2) is 7.48. The molecule has 0 atom stereocenters. The molecule has 0 spiro atoms. The fraction of sp³-hybridized carbons (Fsp3) is 0.143. The fourth-order valence-corrected chi connectivity index (χ4v) is 2.73. The van der Waals surface area contributed by atoms with Crippen molar-refractivity contribution < 1.29 is 9.21 Å². The van der Waals surface area contributed by atoms with E-state index in [1.54, 1.807) is 22.9 Å². The molecule has 140 valence electrons. The molecule has 4 aromatic rings. The maximum Gasteiger partial charge on any atom is 0.322 e. The van der Waals surface area contributed by atoms with E-state index in [-0.39, 0.29) is 23.9 Å². The van der Waals surface area contributed by atoms with Gasteiger partial charge in [0.25, 0.3) is 11.8 Å². The Hall–Kier alpha value is -3.74. The summed E-state index contributed by atoms with van der Waals surface area (Å²) in [7, 11) is 0. The topological polar surface area (TPSA) is 85.8 Å². The molecule has 0 fully saturated rings. The quantitative estimate of drug-likeness (QED) is 0.559. The van der Waals surface area contributed by atoms with Gasteiger partial charge < -0.3 is 4.42 Å². The van der Waals surface area contributed by atoms with Crippen LogP contribution in [0.3, 0.4) is 0 Å². The molecule has 28 heavy (non-hydrogen) atoms. The van der Waals surface area contributed by atoms with Crippen LogP contribution < -0.4 is 5.32 Å². The standard InChI is InChI=1S/C21H19N5O2/c1-14(2)26-13-12-18(25-26)20-23-24-21(28-20)22-19(27)17-10-8-16(9-11-17)15-6-4-3-5-7-15/h3-14H,1-2H3,(H,22,24,27). The molecule has 2 aromatic carbocycles. The third-order valence-electron chi connectivity index (χ3n) is 4.26. The number of rotatable bonds is 5. The number of nitrogens with one attached hydrogen (secondary N) is 1. The number of benzene rings is 2. The lowest BCUT2D eigenvalue weighted by atomic mass is 10.0. The van der Waals surface area contributed by atoms with Gasteiger partial charge in [-0.05, 0) is 43.2 Å². The van der Waals surface area contributed by atoms with Gasteiger partial charge in [0, 0.05) is 17.8 Å². The lowest BCUT2D eigenvalue weighted by Crippen LogP contribution is -2.11. The van der Waals surface area contributed by atoms with E-state index in [9.17, 15) is 4.79 Å². The van der Waals surface area contributed by atoms with Crippen molar-refractivity contribution in [2.24, 2.45) is 0 Å². The smallest absolute Gasteiger partial charge is 0.322 e. The number of carbonyl (C=O) groups is 1. The number of carbonyl (C=O) groups excluding carboxylic acids is 1. The Morgan fingerprint density at radius 3 is 2.36 bits per heavy atom. The Morgan fingerprint density at radius 2 is 1.68 bits per heavy atom. The van der Waals surface area contributed by atoms with Crippen molar-refractivity contribution in [3.63, 3.8) is 0 Å². The first-order valence-electron chi connectivity index (χ1n) is 8.96. The Kier molecular flexibility index (Phi) is 4.72. The van der Waals surface area contributed by atoms with Crippen LogP contribution in [-0.2, 0) is 0 Å². The van der Waals surface area contributed by atoms with Crippen LogP contribution in [0.25, 0.3) is 22.7 Å². The zero-order valence-electron chi connectivity index (χ0n) is 15.5. The van der Waals surface area contributed by atoms with Crippen molar-refractivity contribution in [3.05, 3.63) is 72.4 Å². The van der Waals surface area contributed by atoms with Crippen LogP contribution in [-0.4, -0.2) is 25.9 Å². The van der Waals surface area contributed by atoms with E-state index in [0.717, 1.165) is 11.1 Å². The van der Waals surface area contributed by atoms with Crippen LogP contribution in [0.1, 0.15) is 30.2 Å². The van der Waals surface area contributed by atoms with Crippen molar-refractivity contribution in [2.45, 2.75) is 19.9 Å². The lowest BCUT2D eigenvalue weighted by molar-refractivity contribution is 0.102. The minimum atomic E-state index is -0.317. The monoisotopic (exact) mass is 373 g/mol. The number of amides is 1. The number of nitrogens with zero attached hydrogens (tertiary/aromatic N) is 4. The third-order valence-corrected chi connectivity index (χ3v) is 4.26. The second-order valence-electron chi connectivity index (χ2n) is 6.58. The highest BCUT2D eigenvalue weighted by atomic mass is 16.4. The molecule has 1 N–H and O–H groups in total. The summed E-state index contributed by atoms with van der Waals surface area (Å²) in [6.45, 7) is 4.05. The fourth-order valence-electron chi connectivity index (χ4n) is 2.73. The van der Waals surface area contributed by atoms with E-state index in [0.29, 0.717) is 11.3 Å². The van der Waals surface area contributed by atoms with Gasteiger partial charge in [-0.1, -0.05) is 47.6 Å². The molecule has 2 aromatic heterocycles. The van der Waals surface area contributed by atoms with Crippen LogP contribution in [0.5, 0.6) is 0 Å². The van der Waals surface area contributed by atoms with E-state index >= 15 is 0 Å². The molecule has 0 radical (unpaired) electrons. The summed E-state index contributed by atoms with van der Waals surface area (Å²) in [4.78, 5) is 12.4. The summed E-state index contributed by atoms with van der Waals surface area (Å²) in [6.07, 6.45) is 1.84. The Morgan fingerprint density at radius 1 is 0.964 bits per heavy atom. The summed E-state index contributed by atoms with van der Waals surface area (Å²) in [5.41, 5.74) is 3.20. The number of anilines is 1. The van der Waals surface area contributed by atoms with Crippen LogP contribution in [0.2, 0.25) is 0 Å². The zero-order valence-corrected chi connectivity index (χ0v) is 15.5. The van der Waals surface area contributed by atoms with E-state index in [1.807, 2.05) is 62.5 Å². The molecule has 7 heteroatoms. The van der Waals surface area contributed by atoms with Gasteiger partial charge in [-0.2, -0.15) is 5.10 Å². The Bertz CT molecular complexity index is 1080. The number of hydrogen-bond acceptors (Lipinski definition) is 5. The van der Waals surface area contributed by atoms with Gasteiger partial charge in [-0.25, -0.2) is 0 Å². The number of aromatic nitrogens is 4. The molecule has 7 nitrogen and oxygen atoms in total. The molecule has 0 saturated heterocycles. The highest BCUT2D eigenvalue weighted by Gasteiger charge is 2.15. The maximum atomic E-state index is 12.4. The van der Waals surface area contributed by atoms with E-state index in [4.69, 9.17) is 4.42 Å². The Labute approximate surface area is 162 Å². The molecule has 0 bridgehead atoms. The van der Waals surface area contributed by atoms with Gasteiger partial charge in [0.15, 0.2) is 0 Å². The highest BCUT2D eigenvalue weighted by molar-refractivity contribution is 6.03. The predicted molar refractivity (Wildman–Crippen MR) is 106 cm³/mol. The maximum absolute atomic E-state index is 12.4. The molecule has 0 saturated carbocycles. The van der Waals surface area contributed by atoms with Gasteiger partial charge in [0.2, 0.25) is 0 Å². The highest BCUT2D eigenvalue weighted by Crippen LogP contribution is 2.21.